The van der Waals surface area contributed by atoms with Gasteiger partial charge in [0.05, 0.1) is 12.5 Å². The fourth-order valence-corrected chi connectivity index (χ4v) is 3.84. The van der Waals surface area contributed by atoms with Crippen LogP contribution >= 0.6 is 38.9 Å². The number of alkyl halides is 1. The van der Waals surface area contributed by atoms with Gasteiger partial charge in [-0.15, -0.1) is 22.9 Å². The second-order valence-corrected chi connectivity index (χ2v) is 5.96. The molecule has 1 aromatic carbocycles. The summed E-state index contributed by atoms with van der Waals surface area (Å²) in [6.07, 6.45) is 0. The van der Waals surface area contributed by atoms with E-state index in [9.17, 15) is 0 Å². The first kappa shape index (κ1) is 12.9. The Morgan fingerprint density at radius 3 is 2.65 bits per heavy atom. The molecule has 1 nitrogen and oxygen atoms in total. The first-order valence-electron chi connectivity index (χ1n) is 5.15. The number of thiophene rings is 1. The topological polar surface area (TPSA) is 9.23 Å². The standard InChI is InChI=1S/C13H12BrClOS/c1-8-7-9(3-4-11(8)16-2)12(15)13-10(14)5-6-17-13/h3-7,12H,1-2H3. The van der Waals surface area contributed by atoms with Crippen molar-refractivity contribution in [2.45, 2.75) is 12.3 Å². The van der Waals surface area contributed by atoms with Gasteiger partial charge >= 0.3 is 0 Å². The zero-order valence-electron chi connectivity index (χ0n) is 9.54. The number of methoxy groups -OCH3 is 1. The summed E-state index contributed by atoms with van der Waals surface area (Å²) in [6, 6.07) is 8.06. The van der Waals surface area contributed by atoms with E-state index in [0.29, 0.717) is 0 Å². The van der Waals surface area contributed by atoms with Gasteiger partial charge in [0.1, 0.15) is 5.75 Å². The summed E-state index contributed by atoms with van der Waals surface area (Å²) in [6.45, 7) is 2.02. The molecular formula is C13H12BrClOS. The number of aryl methyl sites for hydroxylation is 1. The number of hydrogen-bond donors (Lipinski definition) is 0. The van der Waals surface area contributed by atoms with Crippen LogP contribution in [0.4, 0.5) is 0 Å². The molecule has 0 aliphatic carbocycles. The van der Waals surface area contributed by atoms with Crippen molar-refractivity contribution in [3.05, 3.63) is 50.1 Å². The quantitative estimate of drug-likeness (QED) is 0.706. The molecule has 17 heavy (non-hydrogen) atoms. The Hall–Kier alpha value is -0.510. The molecule has 0 fully saturated rings. The van der Waals surface area contributed by atoms with Crippen LogP contribution in [0.2, 0.25) is 0 Å². The Labute approximate surface area is 119 Å². The minimum Gasteiger partial charge on any atom is -0.496 e. The fraction of sp³-hybridized carbons (Fsp3) is 0.231. The van der Waals surface area contributed by atoms with Crippen LogP contribution in [0.3, 0.4) is 0 Å². The van der Waals surface area contributed by atoms with Crippen LogP contribution in [0, 0.1) is 6.92 Å². The van der Waals surface area contributed by atoms with Gasteiger partial charge in [-0.1, -0.05) is 12.1 Å². The Bertz CT molecular complexity index is 524. The lowest BCUT2D eigenvalue weighted by Gasteiger charge is -2.11. The molecule has 1 aromatic heterocycles. The SMILES string of the molecule is COc1ccc(C(Cl)c2sccc2Br)cc1C. The highest BCUT2D eigenvalue weighted by Gasteiger charge is 2.16. The average Bonchev–Trinajstić information content (AvgIpc) is 2.74. The molecule has 0 amide bonds. The lowest BCUT2D eigenvalue weighted by Crippen LogP contribution is -1.94. The molecule has 1 unspecified atom stereocenters. The van der Waals surface area contributed by atoms with Gasteiger partial charge in [0.2, 0.25) is 0 Å². The van der Waals surface area contributed by atoms with Gasteiger partial charge in [0.15, 0.2) is 0 Å². The average molecular weight is 332 g/mol. The molecule has 90 valence electrons. The molecular weight excluding hydrogens is 320 g/mol. The minimum absolute atomic E-state index is 0.117. The third-order valence-corrected chi connectivity index (χ3v) is 5.12. The molecule has 0 radical (unpaired) electrons. The second-order valence-electron chi connectivity index (χ2n) is 3.72. The van der Waals surface area contributed by atoms with E-state index in [4.69, 9.17) is 16.3 Å². The summed E-state index contributed by atoms with van der Waals surface area (Å²) >= 11 is 11.7. The number of rotatable bonds is 3. The predicted octanol–water partition coefficient (Wildman–Crippen LogP) is 5.16. The zero-order valence-corrected chi connectivity index (χ0v) is 12.7. The number of benzene rings is 1. The molecule has 1 atom stereocenters. The second kappa shape index (κ2) is 5.42. The summed E-state index contributed by atoms with van der Waals surface area (Å²) < 4.78 is 6.31. The van der Waals surface area contributed by atoms with Gasteiger partial charge in [-0.2, -0.15) is 0 Å². The van der Waals surface area contributed by atoms with Crippen molar-refractivity contribution in [3.8, 4) is 5.75 Å². The predicted molar refractivity (Wildman–Crippen MR) is 77.4 cm³/mol. The van der Waals surface area contributed by atoms with E-state index in [-0.39, 0.29) is 5.38 Å². The maximum Gasteiger partial charge on any atom is 0.121 e. The molecule has 0 saturated heterocycles. The number of hydrogen-bond acceptors (Lipinski definition) is 2. The third kappa shape index (κ3) is 2.67. The van der Waals surface area contributed by atoms with E-state index in [1.54, 1.807) is 18.4 Å². The Balaban J connectivity index is 2.35. The molecule has 2 rings (SSSR count). The molecule has 4 heteroatoms. The Morgan fingerprint density at radius 2 is 2.12 bits per heavy atom. The summed E-state index contributed by atoms with van der Waals surface area (Å²) in [4.78, 5) is 1.14. The maximum absolute atomic E-state index is 6.49. The monoisotopic (exact) mass is 330 g/mol. The lowest BCUT2D eigenvalue weighted by atomic mass is 10.1. The zero-order chi connectivity index (χ0) is 12.4. The molecule has 0 saturated carbocycles. The fourth-order valence-electron chi connectivity index (χ4n) is 1.70. The largest absolute Gasteiger partial charge is 0.496 e. The summed E-state index contributed by atoms with van der Waals surface area (Å²) in [5, 5.41) is 1.92. The molecule has 0 spiro atoms. The molecule has 0 bridgehead atoms. The van der Waals surface area contributed by atoms with Crippen LogP contribution in [0.25, 0.3) is 0 Å². The van der Waals surface area contributed by atoms with Gasteiger partial charge in [-0.25, -0.2) is 0 Å². The maximum atomic E-state index is 6.49. The van der Waals surface area contributed by atoms with Crippen molar-refractivity contribution >= 4 is 38.9 Å². The van der Waals surface area contributed by atoms with Crippen LogP contribution in [-0.2, 0) is 0 Å². The molecule has 2 aromatic rings. The van der Waals surface area contributed by atoms with Crippen molar-refractivity contribution < 1.29 is 4.74 Å². The van der Waals surface area contributed by atoms with E-state index in [1.165, 1.54) is 0 Å². The molecule has 1 heterocycles. The van der Waals surface area contributed by atoms with Crippen molar-refractivity contribution in [2.24, 2.45) is 0 Å². The van der Waals surface area contributed by atoms with E-state index in [1.807, 2.05) is 30.5 Å². The smallest absolute Gasteiger partial charge is 0.121 e. The van der Waals surface area contributed by atoms with Gasteiger partial charge < -0.3 is 4.74 Å². The van der Waals surface area contributed by atoms with Crippen LogP contribution in [0.1, 0.15) is 21.4 Å². The van der Waals surface area contributed by atoms with E-state index in [2.05, 4.69) is 22.0 Å². The first-order chi connectivity index (χ1) is 8.13. The Morgan fingerprint density at radius 1 is 1.35 bits per heavy atom. The van der Waals surface area contributed by atoms with Crippen LogP contribution in [0.15, 0.2) is 34.1 Å². The van der Waals surface area contributed by atoms with Gasteiger partial charge in [-0.05, 0) is 51.5 Å². The third-order valence-electron chi connectivity index (χ3n) is 2.59. The van der Waals surface area contributed by atoms with Gasteiger partial charge in [-0.3, -0.25) is 0 Å². The van der Waals surface area contributed by atoms with Crippen LogP contribution in [0.5, 0.6) is 5.75 Å². The Kier molecular flexibility index (Phi) is 4.13. The molecule has 0 aliphatic rings. The van der Waals surface area contributed by atoms with E-state index in [0.717, 1.165) is 26.2 Å². The molecule has 0 aliphatic heterocycles. The highest BCUT2D eigenvalue weighted by molar-refractivity contribution is 9.10. The molecule has 0 N–H and O–H groups in total. The normalized spacial score (nSPS) is 12.5. The van der Waals surface area contributed by atoms with Crippen molar-refractivity contribution in [3.63, 3.8) is 0 Å². The lowest BCUT2D eigenvalue weighted by molar-refractivity contribution is 0.411. The summed E-state index contributed by atoms with van der Waals surface area (Å²) in [7, 11) is 1.68. The first-order valence-corrected chi connectivity index (χ1v) is 7.26. The van der Waals surface area contributed by atoms with Crippen molar-refractivity contribution in [1.29, 1.82) is 0 Å². The number of ether oxygens (including phenoxy) is 1. The number of halogens is 2. The summed E-state index contributed by atoms with van der Waals surface area (Å²) in [5.41, 5.74) is 2.19. The highest BCUT2D eigenvalue weighted by Crippen LogP contribution is 2.38. The van der Waals surface area contributed by atoms with E-state index < -0.39 is 0 Å². The highest BCUT2D eigenvalue weighted by atomic mass is 79.9. The minimum atomic E-state index is -0.117. The van der Waals surface area contributed by atoms with Crippen LogP contribution in [-0.4, -0.2) is 7.11 Å². The van der Waals surface area contributed by atoms with Crippen molar-refractivity contribution in [2.75, 3.05) is 7.11 Å². The summed E-state index contributed by atoms with van der Waals surface area (Å²) in [5.74, 6) is 0.892. The van der Waals surface area contributed by atoms with E-state index >= 15 is 0 Å². The van der Waals surface area contributed by atoms with Gasteiger partial charge in [0, 0.05) is 9.35 Å². The van der Waals surface area contributed by atoms with Crippen LogP contribution < -0.4 is 4.74 Å². The van der Waals surface area contributed by atoms with Crippen molar-refractivity contribution in [1.82, 2.24) is 0 Å². The van der Waals surface area contributed by atoms with Gasteiger partial charge in [0.25, 0.3) is 0 Å².